The number of aryl methyl sites for hydroxylation is 1. The smallest absolute Gasteiger partial charge is 0.337 e. The minimum absolute atomic E-state index is 0.00979. The molecule has 2 heterocycles. The van der Waals surface area contributed by atoms with E-state index in [1.807, 2.05) is 0 Å². The second-order valence-corrected chi connectivity index (χ2v) is 8.67. The van der Waals surface area contributed by atoms with Gasteiger partial charge in [-0.1, -0.05) is 41.9 Å². The molecule has 0 atom stereocenters. The summed E-state index contributed by atoms with van der Waals surface area (Å²) in [5.41, 5.74) is 0.906. The first-order chi connectivity index (χ1) is 13.2. The van der Waals surface area contributed by atoms with Gasteiger partial charge in [-0.2, -0.15) is 0 Å². The predicted octanol–water partition coefficient (Wildman–Crippen LogP) is 1.82. The van der Waals surface area contributed by atoms with Crippen molar-refractivity contribution in [2.45, 2.75) is 12.7 Å². The number of nitrogens with one attached hydrogen (secondary N) is 1. The van der Waals surface area contributed by atoms with Crippen LogP contribution in [0.4, 0.5) is 5.82 Å². The summed E-state index contributed by atoms with van der Waals surface area (Å²) in [5, 5.41) is 9.26. The molecule has 0 bridgehead atoms. The van der Waals surface area contributed by atoms with E-state index in [-0.39, 0.29) is 29.4 Å². The third-order valence-electron chi connectivity index (χ3n) is 4.39. The number of carbonyl (C=O) groups excluding carboxylic acids is 1. The van der Waals surface area contributed by atoms with Gasteiger partial charge < -0.3 is 10.0 Å². The molecule has 0 saturated carbocycles. The number of anilines is 1. The highest BCUT2D eigenvalue weighted by Gasteiger charge is 2.36. The number of amides is 1. The number of carbonyl (C=O) groups is 2. The molecule has 0 radical (unpaired) electrons. The van der Waals surface area contributed by atoms with Crippen molar-refractivity contribution in [3.8, 4) is 0 Å². The van der Waals surface area contributed by atoms with E-state index < -0.39 is 27.8 Å². The van der Waals surface area contributed by atoms with E-state index in [0.717, 1.165) is 0 Å². The molecular weight excluding hydrogens is 406 g/mol. The maximum Gasteiger partial charge on any atom is 0.337 e. The minimum atomic E-state index is -3.79. The summed E-state index contributed by atoms with van der Waals surface area (Å²) < 4.78 is 26.4. The summed E-state index contributed by atoms with van der Waals surface area (Å²) in [6.45, 7) is 2.04. The normalized spacial score (nSPS) is 14.4. The zero-order chi connectivity index (χ0) is 20.5. The zero-order valence-electron chi connectivity index (χ0n) is 14.9. The monoisotopic (exact) mass is 423 g/mol. The van der Waals surface area contributed by atoms with Crippen molar-refractivity contribution in [3.05, 3.63) is 58.2 Å². The van der Waals surface area contributed by atoms with E-state index in [2.05, 4.69) is 9.71 Å². The first-order valence-corrected chi connectivity index (χ1v) is 10.4. The van der Waals surface area contributed by atoms with Gasteiger partial charge in [-0.25, -0.2) is 18.2 Å². The Morgan fingerprint density at radius 1 is 1.29 bits per heavy atom. The SMILES string of the molecule is Cc1nc(N2CC(C(=O)NS(=O)(=O)Cc3ccccc3)C2)c(Cl)cc1C(=O)O. The lowest BCUT2D eigenvalue weighted by Gasteiger charge is -2.39. The molecular formula is C18H18ClN3O5S. The molecule has 0 spiro atoms. The van der Waals surface area contributed by atoms with Crippen LogP contribution in [0.15, 0.2) is 36.4 Å². The topological polar surface area (TPSA) is 117 Å². The average Bonchev–Trinajstić information content (AvgIpc) is 2.56. The van der Waals surface area contributed by atoms with Gasteiger partial charge in [0.2, 0.25) is 15.9 Å². The summed E-state index contributed by atoms with van der Waals surface area (Å²) in [6, 6.07) is 9.90. The summed E-state index contributed by atoms with van der Waals surface area (Å²) in [6.07, 6.45) is 0. The first kappa shape index (κ1) is 20.1. The highest BCUT2D eigenvalue weighted by molar-refractivity contribution is 7.89. The summed E-state index contributed by atoms with van der Waals surface area (Å²) in [5.74, 6) is -2.13. The Kier molecular flexibility index (Phi) is 5.57. The van der Waals surface area contributed by atoms with Crippen LogP contribution in [0.25, 0.3) is 0 Å². The first-order valence-electron chi connectivity index (χ1n) is 8.40. The number of benzene rings is 1. The molecule has 1 aliphatic rings. The molecule has 10 heteroatoms. The fourth-order valence-corrected chi connectivity index (χ4v) is 4.34. The van der Waals surface area contributed by atoms with Crippen LogP contribution in [0, 0.1) is 12.8 Å². The maximum absolute atomic E-state index is 12.3. The predicted molar refractivity (Wildman–Crippen MR) is 104 cm³/mol. The van der Waals surface area contributed by atoms with E-state index in [1.165, 1.54) is 6.07 Å². The van der Waals surface area contributed by atoms with Gasteiger partial charge in [0.1, 0.15) is 5.82 Å². The van der Waals surface area contributed by atoms with Crippen molar-refractivity contribution in [2.24, 2.45) is 5.92 Å². The van der Waals surface area contributed by atoms with Crippen LogP contribution in [0.3, 0.4) is 0 Å². The van der Waals surface area contributed by atoms with Crippen LogP contribution in [0.1, 0.15) is 21.6 Å². The molecule has 148 valence electrons. The van der Waals surface area contributed by atoms with Crippen molar-refractivity contribution in [1.29, 1.82) is 0 Å². The van der Waals surface area contributed by atoms with Crippen molar-refractivity contribution in [3.63, 3.8) is 0 Å². The Bertz CT molecular complexity index is 1020. The number of nitrogens with zero attached hydrogens (tertiary/aromatic N) is 2. The second-order valence-electron chi connectivity index (χ2n) is 6.54. The lowest BCUT2D eigenvalue weighted by atomic mass is 9.99. The van der Waals surface area contributed by atoms with E-state index in [0.29, 0.717) is 17.1 Å². The second kappa shape index (κ2) is 7.76. The van der Waals surface area contributed by atoms with Gasteiger partial charge in [0, 0.05) is 13.1 Å². The number of hydrogen-bond acceptors (Lipinski definition) is 6. The van der Waals surface area contributed by atoms with E-state index in [4.69, 9.17) is 16.7 Å². The Hall–Kier alpha value is -2.65. The quantitative estimate of drug-likeness (QED) is 0.727. The molecule has 0 unspecified atom stereocenters. The van der Waals surface area contributed by atoms with Crippen LogP contribution in [0.2, 0.25) is 5.02 Å². The molecule has 1 aromatic carbocycles. The third-order valence-corrected chi connectivity index (χ3v) is 5.89. The van der Waals surface area contributed by atoms with E-state index >= 15 is 0 Å². The van der Waals surface area contributed by atoms with Gasteiger partial charge in [0.15, 0.2) is 0 Å². The minimum Gasteiger partial charge on any atom is -0.478 e. The Balaban J connectivity index is 1.61. The van der Waals surface area contributed by atoms with Crippen LogP contribution in [-0.2, 0) is 20.6 Å². The number of carboxylic acid groups (broad SMARTS) is 1. The molecule has 1 saturated heterocycles. The molecule has 1 aliphatic heterocycles. The molecule has 1 aromatic heterocycles. The molecule has 8 nitrogen and oxygen atoms in total. The van der Waals surface area contributed by atoms with E-state index in [1.54, 1.807) is 42.2 Å². The van der Waals surface area contributed by atoms with Crippen molar-refractivity contribution < 1.29 is 23.1 Å². The average molecular weight is 424 g/mol. The molecule has 3 rings (SSSR count). The third kappa shape index (κ3) is 4.42. The highest BCUT2D eigenvalue weighted by atomic mass is 35.5. The number of halogens is 1. The zero-order valence-corrected chi connectivity index (χ0v) is 16.5. The number of rotatable bonds is 6. The van der Waals surface area contributed by atoms with Crippen LogP contribution in [0.5, 0.6) is 0 Å². The number of carboxylic acids is 1. The number of hydrogen-bond donors (Lipinski definition) is 2. The van der Waals surface area contributed by atoms with Gasteiger partial charge in [0.25, 0.3) is 0 Å². The Morgan fingerprint density at radius 2 is 1.93 bits per heavy atom. The molecule has 28 heavy (non-hydrogen) atoms. The van der Waals surface area contributed by atoms with Crippen molar-refractivity contribution in [1.82, 2.24) is 9.71 Å². The number of aromatic carboxylic acids is 1. The van der Waals surface area contributed by atoms with Crippen molar-refractivity contribution in [2.75, 3.05) is 18.0 Å². The number of aromatic nitrogens is 1. The standard InChI is InChI=1S/C18H18ClN3O5S/c1-11-14(18(24)25)7-15(19)16(20-11)22-8-13(9-22)17(23)21-28(26,27)10-12-5-3-2-4-6-12/h2-7,13H,8-10H2,1H3,(H,21,23)(H,24,25). The van der Waals surface area contributed by atoms with Crippen molar-refractivity contribution >= 4 is 39.3 Å². The molecule has 2 aromatic rings. The van der Waals surface area contributed by atoms with Gasteiger partial charge in [-0.05, 0) is 18.6 Å². The number of pyridine rings is 1. The largest absolute Gasteiger partial charge is 0.478 e. The van der Waals surface area contributed by atoms with Gasteiger partial charge in [-0.15, -0.1) is 0 Å². The van der Waals surface area contributed by atoms with Crippen LogP contribution >= 0.6 is 11.6 Å². The maximum atomic E-state index is 12.3. The Labute approximate surface area is 167 Å². The molecule has 0 aliphatic carbocycles. The Morgan fingerprint density at radius 3 is 2.54 bits per heavy atom. The molecule has 1 fully saturated rings. The lowest BCUT2D eigenvalue weighted by molar-refractivity contribution is -0.123. The summed E-state index contributed by atoms with van der Waals surface area (Å²) >= 11 is 6.11. The molecule has 2 N–H and O–H groups in total. The summed E-state index contributed by atoms with van der Waals surface area (Å²) in [7, 11) is -3.79. The van der Waals surface area contributed by atoms with Gasteiger partial charge >= 0.3 is 5.97 Å². The molecule has 1 amide bonds. The lowest BCUT2D eigenvalue weighted by Crippen LogP contribution is -2.55. The summed E-state index contributed by atoms with van der Waals surface area (Å²) in [4.78, 5) is 29.3. The fraction of sp³-hybridized carbons (Fsp3) is 0.278. The van der Waals surface area contributed by atoms with Gasteiger partial charge in [0.05, 0.1) is 28.0 Å². The van der Waals surface area contributed by atoms with E-state index in [9.17, 15) is 18.0 Å². The fourth-order valence-electron chi connectivity index (χ4n) is 2.89. The highest BCUT2D eigenvalue weighted by Crippen LogP contribution is 2.31. The van der Waals surface area contributed by atoms with Gasteiger partial charge in [-0.3, -0.25) is 9.52 Å². The number of sulfonamides is 1. The van der Waals surface area contributed by atoms with Crippen LogP contribution in [-0.4, -0.2) is 43.5 Å². The van der Waals surface area contributed by atoms with Crippen LogP contribution < -0.4 is 9.62 Å².